The van der Waals surface area contributed by atoms with Crippen molar-refractivity contribution >= 4 is 18.0 Å². The second kappa shape index (κ2) is 5.70. The van der Waals surface area contributed by atoms with Gasteiger partial charge in [-0.1, -0.05) is 5.10 Å². The van der Waals surface area contributed by atoms with Crippen molar-refractivity contribution in [1.82, 2.24) is 15.5 Å². The van der Waals surface area contributed by atoms with E-state index in [4.69, 9.17) is 8.83 Å². The molecule has 7 nitrogen and oxygen atoms in total. The van der Waals surface area contributed by atoms with Crippen molar-refractivity contribution in [3.05, 3.63) is 36.1 Å². The maximum absolute atomic E-state index is 11.7. The van der Waals surface area contributed by atoms with Gasteiger partial charge in [-0.05, 0) is 37.6 Å². The fraction of sp³-hybridized carbons (Fsp3) is 0.308. The number of hydrogen-bond donors (Lipinski definition) is 2. The fourth-order valence-corrected chi connectivity index (χ4v) is 2.01. The summed E-state index contributed by atoms with van der Waals surface area (Å²) in [7, 11) is 0. The molecule has 2 aromatic heterocycles. The second-order valence-electron chi connectivity index (χ2n) is 4.43. The van der Waals surface area contributed by atoms with E-state index >= 15 is 0 Å². The van der Waals surface area contributed by atoms with E-state index < -0.39 is 0 Å². The summed E-state index contributed by atoms with van der Waals surface area (Å²) in [5.74, 6) is 0.755. The first-order valence-corrected chi connectivity index (χ1v) is 6.40. The van der Waals surface area contributed by atoms with Crippen LogP contribution in [-0.2, 0) is 4.79 Å². The van der Waals surface area contributed by atoms with Gasteiger partial charge >= 0.3 is 6.01 Å². The Hall–Kier alpha value is -2.41. The molecule has 1 aliphatic rings. The van der Waals surface area contributed by atoms with Gasteiger partial charge < -0.3 is 14.2 Å². The van der Waals surface area contributed by atoms with Crippen LogP contribution < -0.4 is 10.6 Å². The molecule has 1 atom stereocenters. The van der Waals surface area contributed by atoms with Crippen molar-refractivity contribution in [2.45, 2.75) is 18.9 Å². The van der Waals surface area contributed by atoms with Crippen LogP contribution in [0.3, 0.4) is 0 Å². The average Bonchev–Trinajstić information content (AvgIpc) is 3.18. The lowest BCUT2D eigenvalue weighted by molar-refractivity contribution is -0.112. The van der Waals surface area contributed by atoms with Crippen LogP contribution in [0.2, 0.25) is 0 Å². The Balaban J connectivity index is 1.58. The van der Waals surface area contributed by atoms with Gasteiger partial charge in [0.2, 0.25) is 5.89 Å². The van der Waals surface area contributed by atoms with Crippen LogP contribution in [0.5, 0.6) is 0 Å². The quantitative estimate of drug-likeness (QED) is 0.825. The number of furan rings is 1. The number of carbonyl (C=O) groups is 1. The number of amides is 1. The van der Waals surface area contributed by atoms with Crippen LogP contribution in [0.25, 0.3) is 6.08 Å². The molecule has 0 bridgehead atoms. The van der Waals surface area contributed by atoms with E-state index in [0.717, 1.165) is 19.4 Å². The van der Waals surface area contributed by atoms with Crippen LogP contribution in [0.1, 0.15) is 30.5 Å². The highest BCUT2D eigenvalue weighted by Crippen LogP contribution is 2.22. The molecular weight excluding hydrogens is 260 g/mol. The van der Waals surface area contributed by atoms with Gasteiger partial charge in [0.05, 0.1) is 12.3 Å². The number of nitrogens with one attached hydrogen (secondary N) is 2. The monoisotopic (exact) mass is 274 g/mol. The minimum absolute atomic E-state index is 0.0896. The molecule has 7 heteroatoms. The van der Waals surface area contributed by atoms with Gasteiger partial charge in [-0.3, -0.25) is 10.1 Å². The van der Waals surface area contributed by atoms with Gasteiger partial charge in [-0.2, -0.15) is 0 Å². The minimum Gasteiger partial charge on any atom is -0.465 e. The lowest BCUT2D eigenvalue weighted by atomic mass is 10.2. The molecule has 1 fully saturated rings. The Kier molecular flexibility index (Phi) is 3.60. The van der Waals surface area contributed by atoms with Crippen LogP contribution in [0.15, 0.2) is 33.3 Å². The molecule has 0 aromatic carbocycles. The maximum Gasteiger partial charge on any atom is 0.322 e. The third kappa shape index (κ3) is 2.94. The first kappa shape index (κ1) is 12.6. The normalized spacial score (nSPS) is 18.7. The van der Waals surface area contributed by atoms with Gasteiger partial charge in [-0.25, -0.2) is 0 Å². The van der Waals surface area contributed by atoms with E-state index in [-0.39, 0.29) is 18.0 Å². The van der Waals surface area contributed by atoms with Crippen molar-refractivity contribution in [3.8, 4) is 0 Å². The van der Waals surface area contributed by atoms with E-state index in [1.165, 1.54) is 12.3 Å². The Bertz CT molecular complexity index is 597. The van der Waals surface area contributed by atoms with E-state index in [2.05, 4.69) is 20.8 Å². The van der Waals surface area contributed by atoms with E-state index in [9.17, 15) is 4.79 Å². The molecule has 1 unspecified atom stereocenters. The summed E-state index contributed by atoms with van der Waals surface area (Å²) in [6.45, 7) is 0.945. The Labute approximate surface area is 115 Å². The Morgan fingerprint density at radius 2 is 2.45 bits per heavy atom. The van der Waals surface area contributed by atoms with Gasteiger partial charge in [0, 0.05) is 6.08 Å². The maximum atomic E-state index is 11.7. The van der Waals surface area contributed by atoms with Gasteiger partial charge in [0.25, 0.3) is 5.91 Å². The molecule has 2 aromatic rings. The van der Waals surface area contributed by atoms with Gasteiger partial charge in [0.15, 0.2) is 0 Å². The van der Waals surface area contributed by atoms with Crippen LogP contribution in [0, 0.1) is 0 Å². The van der Waals surface area contributed by atoms with Crippen molar-refractivity contribution in [1.29, 1.82) is 0 Å². The molecule has 0 saturated carbocycles. The first-order chi connectivity index (χ1) is 9.81. The number of hydrogen-bond acceptors (Lipinski definition) is 6. The molecule has 1 saturated heterocycles. The van der Waals surface area contributed by atoms with Gasteiger partial charge in [0.1, 0.15) is 5.76 Å². The summed E-state index contributed by atoms with van der Waals surface area (Å²) in [5.41, 5.74) is 0. The predicted octanol–water partition coefficient (Wildman–Crippen LogP) is 1.74. The molecule has 1 aliphatic heterocycles. The molecule has 0 spiro atoms. The summed E-state index contributed by atoms with van der Waals surface area (Å²) < 4.78 is 10.5. The average molecular weight is 274 g/mol. The smallest absolute Gasteiger partial charge is 0.322 e. The summed E-state index contributed by atoms with van der Waals surface area (Å²) in [6.07, 6.45) is 6.49. The minimum atomic E-state index is -0.351. The second-order valence-corrected chi connectivity index (χ2v) is 4.43. The highest BCUT2D eigenvalue weighted by Gasteiger charge is 2.22. The van der Waals surface area contributed by atoms with Crippen molar-refractivity contribution < 1.29 is 13.6 Å². The highest BCUT2D eigenvalue weighted by molar-refractivity contribution is 6.00. The van der Waals surface area contributed by atoms with Crippen LogP contribution in [-0.4, -0.2) is 22.6 Å². The zero-order valence-corrected chi connectivity index (χ0v) is 10.7. The highest BCUT2D eigenvalue weighted by atomic mass is 16.4. The van der Waals surface area contributed by atoms with Crippen LogP contribution >= 0.6 is 0 Å². The van der Waals surface area contributed by atoms with E-state index in [1.54, 1.807) is 18.2 Å². The summed E-state index contributed by atoms with van der Waals surface area (Å²) in [6, 6.07) is 3.69. The fourth-order valence-electron chi connectivity index (χ4n) is 2.01. The zero-order valence-electron chi connectivity index (χ0n) is 10.7. The molecular formula is C13H14N4O3. The SMILES string of the molecule is O=C(/C=C/c1ccco1)Nc1nnc(C2CCCN2)o1. The lowest BCUT2D eigenvalue weighted by Gasteiger charge is -2.02. The lowest BCUT2D eigenvalue weighted by Crippen LogP contribution is -2.13. The molecule has 3 heterocycles. The number of aromatic nitrogens is 2. The number of carbonyl (C=O) groups excluding carboxylic acids is 1. The summed E-state index contributed by atoms with van der Waals surface area (Å²) >= 11 is 0. The van der Waals surface area contributed by atoms with E-state index in [0.29, 0.717) is 11.7 Å². The molecule has 104 valence electrons. The molecule has 0 radical (unpaired) electrons. The standard InChI is InChI=1S/C13H14N4O3/c18-11(6-5-9-3-2-8-19-9)15-13-17-16-12(20-13)10-4-1-7-14-10/h2-3,5-6,8,10,14H,1,4,7H2,(H,15,17,18)/b6-5+. The molecule has 1 amide bonds. The Morgan fingerprint density at radius 1 is 1.50 bits per heavy atom. The van der Waals surface area contributed by atoms with Crippen LogP contribution in [0.4, 0.5) is 6.01 Å². The Morgan fingerprint density at radius 3 is 3.20 bits per heavy atom. The number of nitrogens with zero attached hydrogens (tertiary/aromatic N) is 2. The van der Waals surface area contributed by atoms with Crippen molar-refractivity contribution in [2.24, 2.45) is 0 Å². The largest absolute Gasteiger partial charge is 0.465 e. The van der Waals surface area contributed by atoms with E-state index in [1.807, 2.05) is 0 Å². The molecule has 20 heavy (non-hydrogen) atoms. The van der Waals surface area contributed by atoms with Gasteiger partial charge in [-0.15, -0.1) is 5.10 Å². The van der Waals surface area contributed by atoms with Crippen molar-refractivity contribution in [3.63, 3.8) is 0 Å². The molecule has 3 rings (SSSR count). The third-order valence-electron chi connectivity index (χ3n) is 2.97. The van der Waals surface area contributed by atoms with Crippen molar-refractivity contribution in [2.75, 3.05) is 11.9 Å². The first-order valence-electron chi connectivity index (χ1n) is 6.40. The number of rotatable bonds is 4. The summed E-state index contributed by atoms with van der Waals surface area (Å²) in [5, 5.41) is 13.5. The zero-order chi connectivity index (χ0) is 13.8. The summed E-state index contributed by atoms with van der Waals surface area (Å²) in [4.78, 5) is 11.7. The third-order valence-corrected chi connectivity index (χ3v) is 2.97. The topological polar surface area (TPSA) is 93.2 Å². The number of anilines is 1. The molecule has 0 aliphatic carbocycles. The molecule has 2 N–H and O–H groups in total. The predicted molar refractivity (Wildman–Crippen MR) is 70.6 cm³/mol.